The maximum Gasteiger partial charge on any atom is 0.277 e. The van der Waals surface area contributed by atoms with Crippen LogP contribution in [0.25, 0.3) is 5.78 Å². The van der Waals surface area contributed by atoms with Gasteiger partial charge >= 0.3 is 0 Å². The van der Waals surface area contributed by atoms with Crippen molar-refractivity contribution in [3.63, 3.8) is 0 Å². The van der Waals surface area contributed by atoms with Crippen LogP contribution in [0.4, 0.5) is 5.95 Å². The molecule has 0 unspecified atom stereocenters. The van der Waals surface area contributed by atoms with E-state index in [0.29, 0.717) is 12.0 Å². The summed E-state index contributed by atoms with van der Waals surface area (Å²) in [5.41, 5.74) is 2.19. The van der Waals surface area contributed by atoms with Crippen molar-refractivity contribution >= 4 is 21.7 Å². The topological polar surface area (TPSA) is 109 Å². The Balaban J connectivity index is 1.74. The molecule has 0 radical (unpaired) electrons. The molecule has 130 valence electrons. The fraction of sp³-hybridized carbons (Fsp3) is 0.312. The van der Waals surface area contributed by atoms with Crippen LogP contribution in [0.15, 0.2) is 34.0 Å². The Morgan fingerprint density at radius 2 is 1.84 bits per heavy atom. The standard InChI is InChI=1S/C16H17N5O3S/c1-10-6-8-11(9-7-10)25(23,24)20-15-18-16-17-13-5-3-2-4-12(13)14(22)21(16)19-15/h6-9H,2-5H2,1H3,(H2,17,18,19,20). The summed E-state index contributed by atoms with van der Waals surface area (Å²) in [6.07, 6.45) is 3.38. The van der Waals surface area contributed by atoms with Gasteiger partial charge in [-0.2, -0.15) is 9.50 Å². The summed E-state index contributed by atoms with van der Waals surface area (Å²) >= 11 is 0. The summed E-state index contributed by atoms with van der Waals surface area (Å²) in [6.45, 7) is 1.88. The first-order valence-corrected chi connectivity index (χ1v) is 9.52. The molecule has 1 aliphatic carbocycles. The number of aromatic nitrogens is 4. The Morgan fingerprint density at radius 1 is 1.12 bits per heavy atom. The van der Waals surface area contributed by atoms with Gasteiger partial charge in [-0.25, -0.2) is 18.1 Å². The molecule has 0 spiro atoms. The number of anilines is 1. The summed E-state index contributed by atoms with van der Waals surface area (Å²) in [4.78, 5) is 21.2. The monoisotopic (exact) mass is 359 g/mol. The number of fused-ring (bicyclic) bond motifs is 2. The highest BCUT2D eigenvalue weighted by Gasteiger charge is 2.20. The predicted molar refractivity (Wildman–Crippen MR) is 92.2 cm³/mol. The van der Waals surface area contributed by atoms with Crippen molar-refractivity contribution in [2.75, 3.05) is 4.72 Å². The number of aryl methyl sites for hydroxylation is 2. The fourth-order valence-electron chi connectivity index (χ4n) is 3.00. The van der Waals surface area contributed by atoms with Crippen LogP contribution < -0.4 is 10.3 Å². The number of sulfonamides is 1. The van der Waals surface area contributed by atoms with Gasteiger partial charge in [-0.15, -0.1) is 0 Å². The number of benzene rings is 1. The quantitative estimate of drug-likeness (QED) is 0.735. The molecule has 8 nitrogen and oxygen atoms in total. The van der Waals surface area contributed by atoms with E-state index in [0.717, 1.165) is 30.5 Å². The molecule has 2 aromatic heterocycles. The molecule has 0 fully saturated rings. The molecule has 25 heavy (non-hydrogen) atoms. The minimum atomic E-state index is -3.80. The van der Waals surface area contributed by atoms with Crippen molar-refractivity contribution in [1.82, 2.24) is 19.6 Å². The van der Waals surface area contributed by atoms with Crippen molar-refractivity contribution in [1.29, 1.82) is 0 Å². The summed E-state index contributed by atoms with van der Waals surface area (Å²) in [6, 6.07) is 6.47. The van der Waals surface area contributed by atoms with Gasteiger partial charge in [-0.3, -0.25) is 9.89 Å². The van der Waals surface area contributed by atoms with Crippen LogP contribution >= 0.6 is 0 Å². The average molecular weight is 359 g/mol. The largest absolute Gasteiger partial charge is 0.277 e. The molecule has 3 aromatic rings. The van der Waals surface area contributed by atoms with Gasteiger partial charge in [0.25, 0.3) is 21.4 Å². The summed E-state index contributed by atoms with van der Waals surface area (Å²) in [5, 5.41) is 2.69. The van der Waals surface area contributed by atoms with E-state index in [9.17, 15) is 13.2 Å². The minimum Gasteiger partial charge on any atom is -0.267 e. The van der Waals surface area contributed by atoms with Crippen LogP contribution in [0.5, 0.6) is 0 Å². The average Bonchev–Trinajstić information content (AvgIpc) is 2.97. The third-order valence-corrected chi connectivity index (χ3v) is 5.68. The van der Waals surface area contributed by atoms with Crippen molar-refractivity contribution in [2.45, 2.75) is 37.5 Å². The second kappa shape index (κ2) is 5.69. The minimum absolute atomic E-state index is 0.0347. The normalized spacial score (nSPS) is 14.4. The van der Waals surface area contributed by atoms with E-state index < -0.39 is 10.0 Å². The van der Waals surface area contributed by atoms with Crippen LogP contribution in [0, 0.1) is 6.92 Å². The van der Waals surface area contributed by atoms with Gasteiger partial charge in [0.15, 0.2) is 0 Å². The lowest BCUT2D eigenvalue weighted by Gasteiger charge is -2.12. The van der Waals surface area contributed by atoms with E-state index in [1.165, 1.54) is 16.6 Å². The van der Waals surface area contributed by atoms with E-state index in [2.05, 4.69) is 19.8 Å². The van der Waals surface area contributed by atoms with E-state index in [1.54, 1.807) is 12.1 Å². The van der Waals surface area contributed by atoms with Crippen molar-refractivity contribution in [3.05, 3.63) is 51.4 Å². The van der Waals surface area contributed by atoms with E-state index >= 15 is 0 Å². The number of nitrogens with zero attached hydrogens (tertiary/aromatic N) is 3. The van der Waals surface area contributed by atoms with Gasteiger partial charge in [0, 0.05) is 5.56 Å². The van der Waals surface area contributed by atoms with Crippen molar-refractivity contribution in [3.8, 4) is 0 Å². The summed E-state index contributed by atoms with van der Waals surface area (Å²) in [5.74, 6) is 0.139. The molecular weight excluding hydrogens is 342 g/mol. The Kier molecular flexibility index (Phi) is 3.60. The molecule has 2 N–H and O–H groups in total. The number of hydrogen-bond donors (Lipinski definition) is 2. The zero-order chi connectivity index (χ0) is 17.6. The molecule has 1 aromatic carbocycles. The van der Waals surface area contributed by atoms with Crippen LogP contribution in [-0.4, -0.2) is 28.0 Å². The number of rotatable bonds is 3. The predicted octanol–water partition coefficient (Wildman–Crippen LogP) is 1.41. The maximum absolute atomic E-state index is 12.5. The third-order valence-electron chi connectivity index (χ3n) is 4.33. The lowest BCUT2D eigenvalue weighted by molar-refractivity contribution is 0.600. The second-order valence-electron chi connectivity index (χ2n) is 6.18. The highest BCUT2D eigenvalue weighted by Crippen LogP contribution is 2.18. The molecule has 0 aliphatic heterocycles. The Bertz CT molecular complexity index is 1110. The molecule has 0 amide bonds. The Hall–Kier alpha value is -2.68. The smallest absolute Gasteiger partial charge is 0.267 e. The van der Waals surface area contributed by atoms with Gasteiger partial charge in [-0.1, -0.05) is 17.7 Å². The van der Waals surface area contributed by atoms with Crippen molar-refractivity contribution < 1.29 is 8.42 Å². The number of H-pyrrole nitrogens is 1. The van der Waals surface area contributed by atoms with Gasteiger partial charge in [-0.05, 0) is 44.7 Å². The van der Waals surface area contributed by atoms with Crippen LogP contribution in [-0.2, 0) is 22.9 Å². The zero-order valence-corrected chi connectivity index (χ0v) is 14.4. The lowest BCUT2D eigenvalue weighted by Crippen LogP contribution is -2.25. The molecule has 9 heteroatoms. The highest BCUT2D eigenvalue weighted by molar-refractivity contribution is 7.92. The van der Waals surface area contributed by atoms with Gasteiger partial charge in [0.1, 0.15) is 0 Å². The van der Waals surface area contributed by atoms with Crippen LogP contribution in [0.1, 0.15) is 29.7 Å². The highest BCUT2D eigenvalue weighted by atomic mass is 32.2. The van der Waals surface area contributed by atoms with Gasteiger partial charge < -0.3 is 0 Å². The van der Waals surface area contributed by atoms with Gasteiger partial charge in [0.2, 0.25) is 5.95 Å². The molecule has 2 heterocycles. The van der Waals surface area contributed by atoms with Crippen LogP contribution in [0.2, 0.25) is 0 Å². The van der Waals surface area contributed by atoms with E-state index in [1.807, 2.05) is 6.92 Å². The van der Waals surface area contributed by atoms with Crippen molar-refractivity contribution in [2.24, 2.45) is 0 Å². The first-order chi connectivity index (χ1) is 11.9. The Labute approximate surface area is 144 Å². The van der Waals surface area contributed by atoms with Gasteiger partial charge in [0.05, 0.1) is 10.6 Å². The molecule has 1 aliphatic rings. The summed E-state index contributed by atoms with van der Waals surface area (Å²) in [7, 11) is -3.80. The number of hydrogen-bond acceptors (Lipinski definition) is 5. The third kappa shape index (κ3) is 2.80. The SMILES string of the molecule is Cc1ccc(S(=O)(=O)Nc2nc3nc4c(c(=O)n3[nH]2)CCCC4)cc1. The molecule has 0 atom stereocenters. The summed E-state index contributed by atoms with van der Waals surface area (Å²) < 4.78 is 28.5. The molecule has 0 saturated carbocycles. The fourth-order valence-corrected chi connectivity index (χ4v) is 3.95. The van der Waals surface area contributed by atoms with E-state index in [-0.39, 0.29) is 22.2 Å². The first-order valence-electron chi connectivity index (χ1n) is 8.04. The Morgan fingerprint density at radius 3 is 2.60 bits per heavy atom. The van der Waals surface area contributed by atoms with Crippen LogP contribution in [0.3, 0.4) is 0 Å². The zero-order valence-electron chi connectivity index (χ0n) is 13.6. The molecule has 4 rings (SSSR count). The first kappa shape index (κ1) is 15.8. The van der Waals surface area contributed by atoms with E-state index in [4.69, 9.17) is 0 Å². The molecule has 0 saturated heterocycles. The lowest BCUT2D eigenvalue weighted by atomic mass is 9.97. The number of nitrogens with one attached hydrogen (secondary N) is 2. The number of aromatic amines is 1. The molecule has 0 bridgehead atoms. The molecular formula is C16H17N5O3S. The maximum atomic E-state index is 12.5. The second-order valence-corrected chi connectivity index (χ2v) is 7.86.